The summed E-state index contributed by atoms with van der Waals surface area (Å²) in [5.41, 5.74) is 2.55. The molecule has 120 valence electrons. The maximum atomic E-state index is 12.3. The van der Waals surface area contributed by atoms with E-state index in [-0.39, 0.29) is 11.5 Å². The Morgan fingerprint density at radius 1 is 0.958 bits per heavy atom. The first-order valence-corrected chi connectivity index (χ1v) is 8.15. The van der Waals surface area contributed by atoms with Crippen LogP contribution in [0.3, 0.4) is 0 Å². The highest BCUT2D eigenvalue weighted by molar-refractivity contribution is 7.16. The second kappa shape index (κ2) is 6.68. The molecule has 3 rings (SSSR count). The number of rotatable bonds is 4. The summed E-state index contributed by atoms with van der Waals surface area (Å²) < 4.78 is 0. The van der Waals surface area contributed by atoms with Crippen LogP contribution in [0.5, 0.6) is 0 Å². The van der Waals surface area contributed by atoms with Crippen molar-refractivity contribution in [1.29, 1.82) is 0 Å². The summed E-state index contributed by atoms with van der Waals surface area (Å²) in [5.74, 6) is -1.65. The molecule has 0 aliphatic carbocycles. The van der Waals surface area contributed by atoms with Gasteiger partial charge in [-0.05, 0) is 36.2 Å². The van der Waals surface area contributed by atoms with Gasteiger partial charge in [-0.25, -0.2) is 0 Å². The van der Waals surface area contributed by atoms with E-state index in [4.69, 9.17) is 0 Å². The van der Waals surface area contributed by atoms with Crippen LogP contribution in [0.4, 0.5) is 5.00 Å². The van der Waals surface area contributed by atoms with Crippen LogP contribution in [0.1, 0.15) is 25.6 Å². The third-order valence-corrected chi connectivity index (χ3v) is 4.52. The van der Waals surface area contributed by atoms with Crippen molar-refractivity contribution in [1.82, 2.24) is 0 Å². The van der Waals surface area contributed by atoms with Gasteiger partial charge in [-0.2, -0.15) is 0 Å². The number of carboxylic acid groups (broad SMARTS) is 1. The SMILES string of the molecule is Cc1cc(C(=O)[O-])c(NC(=O)c2ccc(-c3ccccc3)cc2)s1. The Balaban J connectivity index is 1.80. The normalized spacial score (nSPS) is 10.4. The second-order valence-electron chi connectivity index (χ2n) is 5.28. The molecule has 1 N–H and O–H groups in total. The van der Waals surface area contributed by atoms with Crippen LogP contribution < -0.4 is 10.4 Å². The van der Waals surface area contributed by atoms with Gasteiger partial charge in [-0.15, -0.1) is 11.3 Å². The number of carboxylic acids is 1. The highest BCUT2D eigenvalue weighted by Crippen LogP contribution is 2.28. The van der Waals surface area contributed by atoms with Crippen LogP contribution in [0.25, 0.3) is 11.1 Å². The molecule has 0 bridgehead atoms. The van der Waals surface area contributed by atoms with Gasteiger partial charge < -0.3 is 15.2 Å². The highest BCUT2D eigenvalue weighted by Gasteiger charge is 2.13. The Bertz CT molecular complexity index is 883. The molecule has 2 aromatic carbocycles. The fourth-order valence-corrected chi connectivity index (χ4v) is 3.27. The maximum Gasteiger partial charge on any atom is 0.256 e. The van der Waals surface area contributed by atoms with Crippen molar-refractivity contribution in [2.24, 2.45) is 0 Å². The number of thiophene rings is 1. The van der Waals surface area contributed by atoms with Crippen molar-refractivity contribution < 1.29 is 14.7 Å². The molecule has 0 saturated heterocycles. The number of carbonyl (C=O) groups is 2. The van der Waals surface area contributed by atoms with E-state index in [1.807, 2.05) is 42.5 Å². The van der Waals surface area contributed by atoms with Crippen molar-refractivity contribution in [3.63, 3.8) is 0 Å². The lowest BCUT2D eigenvalue weighted by atomic mass is 10.0. The third-order valence-electron chi connectivity index (χ3n) is 3.56. The molecular formula is C19H14NO3S-. The Morgan fingerprint density at radius 3 is 2.21 bits per heavy atom. The van der Waals surface area contributed by atoms with Crippen LogP contribution >= 0.6 is 11.3 Å². The number of carbonyl (C=O) groups excluding carboxylic acids is 2. The van der Waals surface area contributed by atoms with Gasteiger partial charge in [0.15, 0.2) is 0 Å². The van der Waals surface area contributed by atoms with Gasteiger partial charge in [0, 0.05) is 16.0 Å². The Hall–Kier alpha value is -2.92. The quantitative estimate of drug-likeness (QED) is 0.794. The lowest BCUT2D eigenvalue weighted by Crippen LogP contribution is -2.23. The molecule has 0 fully saturated rings. The smallest absolute Gasteiger partial charge is 0.256 e. The monoisotopic (exact) mass is 336 g/mol. The largest absolute Gasteiger partial charge is 0.545 e. The van der Waals surface area contributed by atoms with Gasteiger partial charge in [-0.1, -0.05) is 42.5 Å². The molecule has 1 amide bonds. The van der Waals surface area contributed by atoms with E-state index in [0.717, 1.165) is 16.0 Å². The van der Waals surface area contributed by atoms with E-state index >= 15 is 0 Å². The van der Waals surface area contributed by atoms with Crippen molar-refractivity contribution in [3.05, 3.63) is 76.7 Å². The Kier molecular flexibility index (Phi) is 4.44. The molecular weight excluding hydrogens is 322 g/mol. The van der Waals surface area contributed by atoms with Gasteiger partial charge in [-0.3, -0.25) is 4.79 Å². The second-order valence-corrected chi connectivity index (χ2v) is 6.54. The topological polar surface area (TPSA) is 69.2 Å². The molecule has 0 atom stereocenters. The lowest BCUT2D eigenvalue weighted by Gasteiger charge is -2.08. The van der Waals surface area contributed by atoms with Crippen LogP contribution in [0.2, 0.25) is 0 Å². The summed E-state index contributed by atoms with van der Waals surface area (Å²) in [4.78, 5) is 24.2. The predicted molar refractivity (Wildman–Crippen MR) is 93.2 cm³/mol. The van der Waals surface area contributed by atoms with Crippen LogP contribution in [0, 0.1) is 6.92 Å². The van der Waals surface area contributed by atoms with Crippen molar-refractivity contribution in [2.45, 2.75) is 6.92 Å². The van der Waals surface area contributed by atoms with E-state index in [2.05, 4.69) is 5.32 Å². The average molecular weight is 336 g/mol. The summed E-state index contributed by atoms with van der Waals surface area (Å²) in [7, 11) is 0. The van der Waals surface area contributed by atoms with Crippen molar-refractivity contribution >= 4 is 28.2 Å². The van der Waals surface area contributed by atoms with Gasteiger partial charge in [0.2, 0.25) is 0 Å². The summed E-state index contributed by atoms with van der Waals surface area (Å²) in [6, 6.07) is 18.5. The summed E-state index contributed by atoms with van der Waals surface area (Å²) in [5, 5.41) is 14.0. The number of aryl methyl sites for hydroxylation is 1. The molecule has 0 spiro atoms. The zero-order valence-corrected chi connectivity index (χ0v) is 13.7. The maximum absolute atomic E-state index is 12.3. The molecule has 0 radical (unpaired) electrons. The average Bonchev–Trinajstić information content (AvgIpc) is 2.96. The molecule has 0 aliphatic heterocycles. The third kappa shape index (κ3) is 3.36. The molecule has 5 heteroatoms. The van der Waals surface area contributed by atoms with E-state index in [0.29, 0.717) is 10.6 Å². The Morgan fingerprint density at radius 2 is 1.58 bits per heavy atom. The van der Waals surface area contributed by atoms with E-state index < -0.39 is 5.97 Å². The lowest BCUT2D eigenvalue weighted by molar-refractivity contribution is -0.254. The van der Waals surface area contributed by atoms with E-state index in [9.17, 15) is 14.7 Å². The van der Waals surface area contributed by atoms with Crippen LogP contribution in [0.15, 0.2) is 60.7 Å². The molecule has 4 nitrogen and oxygen atoms in total. The number of hydrogen-bond donors (Lipinski definition) is 1. The minimum atomic E-state index is -1.30. The van der Waals surface area contributed by atoms with Gasteiger partial charge in [0.05, 0.1) is 5.97 Å². The van der Waals surface area contributed by atoms with Gasteiger partial charge in [0.1, 0.15) is 5.00 Å². The zero-order valence-electron chi connectivity index (χ0n) is 12.9. The fourth-order valence-electron chi connectivity index (χ4n) is 2.38. The van der Waals surface area contributed by atoms with Gasteiger partial charge >= 0.3 is 0 Å². The number of anilines is 1. The molecule has 1 heterocycles. The summed E-state index contributed by atoms with van der Waals surface area (Å²) >= 11 is 1.21. The first-order valence-electron chi connectivity index (χ1n) is 7.33. The number of aromatic carboxylic acids is 1. The first-order chi connectivity index (χ1) is 11.5. The highest BCUT2D eigenvalue weighted by atomic mass is 32.1. The molecule has 24 heavy (non-hydrogen) atoms. The standard InChI is InChI=1S/C19H15NO3S/c1-12-11-16(19(22)23)18(24-12)20-17(21)15-9-7-14(8-10-15)13-5-3-2-4-6-13/h2-11H,1H3,(H,20,21)(H,22,23)/p-1. The number of benzene rings is 2. The molecule has 0 saturated carbocycles. The predicted octanol–water partition coefficient (Wildman–Crippen LogP) is 3.34. The number of amides is 1. The van der Waals surface area contributed by atoms with E-state index in [1.165, 1.54) is 17.4 Å². The van der Waals surface area contributed by atoms with E-state index in [1.54, 1.807) is 19.1 Å². The molecule has 1 aromatic heterocycles. The van der Waals surface area contributed by atoms with Crippen LogP contribution in [-0.2, 0) is 0 Å². The number of hydrogen-bond acceptors (Lipinski definition) is 4. The van der Waals surface area contributed by atoms with Crippen molar-refractivity contribution in [2.75, 3.05) is 5.32 Å². The fraction of sp³-hybridized carbons (Fsp3) is 0.0526. The Labute approximate surface area is 143 Å². The summed E-state index contributed by atoms with van der Waals surface area (Å²) in [6.45, 7) is 1.78. The zero-order chi connectivity index (χ0) is 17.1. The molecule has 0 aliphatic rings. The van der Waals surface area contributed by atoms with Gasteiger partial charge in [0.25, 0.3) is 5.91 Å². The first kappa shape index (κ1) is 16.0. The van der Waals surface area contributed by atoms with Crippen LogP contribution in [-0.4, -0.2) is 11.9 Å². The number of nitrogens with one attached hydrogen (secondary N) is 1. The van der Waals surface area contributed by atoms with Crippen molar-refractivity contribution in [3.8, 4) is 11.1 Å². The minimum absolute atomic E-state index is 0.00626. The summed E-state index contributed by atoms with van der Waals surface area (Å²) in [6.07, 6.45) is 0. The minimum Gasteiger partial charge on any atom is -0.545 e. The molecule has 3 aromatic rings. The molecule has 0 unspecified atom stereocenters.